The Morgan fingerprint density at radius 3 is 2.39 bits per heavy atom. The molecule has 0 saturated heterocycles. The van der Waals surface area contributed by atoms with Crippen molar-refractivity contribution in [2.24, 2.45) is 5.92 Å². The van der Waals surface area contributed by atoms with Gasteiger partial charge in [-0.15, -0.1) is 0 Å². The Labute approximate surface area is 111 Å². The van der Waals surface area contributed by atoms with Crippen molar-refractivity contribution in [1.82, 2.24) is 5.32 Å². The lowest BCUT2D eigenvalue weighted by Gasteiger charge is -2.32. The number of nitrogens with zero attached hydrogens (tertiary/aromatic N) is 1. The highest BCUT2D eigenvalue weighted by molar-refractivity contribution is 5.16. The van der Waals surface area contributed by atoms with Gasteiger partial charge in [-0.2, -0.15) is 5.26 Å². The van der Waals surface area contributed by atoms with Gasteiger partial charge in [-0.3, -0.25) is 5.32 Å². The number of nitriles is 1. The molecule has 1 N–H and O–H groups in total. The Morgan fingerprint density at radius 1 is 1.22 bits per heavy atom. The molecule has 0 bridgehead atoms. The monoisotopic (exact) mass is 250 g/mol. The summed E-state index contributed by atoms with van der Waals surface area (Å²) in [6, 6.07) is 2.85. The molecule has 3 nitrogen and oxygen atoms in total. The van der Waals surface area contributed by atoms with Gasteiger partial charge >= 0.3 is 0 Å². The highest BCUT2D eigenvalue weighted by Crippen LogP contribution is 2.40. The minimum atomic E-state index is -0.439. The molecule has 0 aromatic rings. The van der Waals surface area contributed by atoms with Gasteiger partial charge in [0.05, 0.1) is 18.8 Å². The first kappa shape index (κ1) is 13.8. The van der Waals surface area contributed by atoms with Gasteiger partial charge in [0.2, 0.25) is 0 Å². The molecule has 1 atom stereocenters. The minimum absolute atomic E-state index is 0.334. The van der Waals surface area contributed by atoms with Crippen LogP contribution in [-0.4, -0.2) is 24.3 Å². The number of nitrogens with one attached hydrogen (secondary N) is 1. The first-order chi connectivity index (χ1) is 8.66. The first-order valence-corrected chi connectivity index (χ1v) is 7.47. The summed E-state index contributed by atoms with van der Waals surface area (Å²) in [5.74, 6) is 0.494. The molecule has 2 aliphatic carbocycles. The van der Waals surface area contributed by atoms with Gasteiger partial charge in [0, 0.05) is 6.04 Å². The highest BCUT2D eigenvalue weighted by atomic mass is 16.5. The van der Waals surface area contributed by atoms with Crippen molar-refractivity contribution >= 4 is 0 Å². The number of hydrogen-bond donors (Lipinski definition) is 1. The van der Waals surface area contributed by atoms with Crippen molar-refractivity contribution in [3.05, 3.63) is 0 Å². The summed E-state index contributed by atoms with van der Waals surface area (Å²) in [4.78, 5) is 0. The maximum absolute atomic E-state index is 9.57. The van der Waals surface area contributed by atoms with Gasteiger partial charge < -0.3 is 4.74 Å². The largest absolute Gasteiger partial charge is 0.375 e. The van der Waals surface area contributed by atoms with E-state index in [1.807, 2.05) is 0 Å². The number of rotatable bonds is 6. The van der Waals surface area contributed by atoms with Crippen LogP contribution in [0.3, 0.4) is 0 Å². The Bertz CT molecular complexity index is 300. The van der Waals surface area contributed by atoms with Crippen LogP contribution in [0.25, 0.3) is 0 Å². The second-order valence-corrected chi connectivity index (χ2v) is 6.23. The Balaban J connectivity index is 1.90. The van der Waals surface area contributed by atoms with Crippen LogP contribution in [0.1, 0.15) is 58.8 Å². The molecule has 0 aliphatic heterocycles. The van der Waals surface area contributed by atoms with E-state index in [1.54, 1.807) is 0 Å². The predicted octanol–water partition coefficient (Wildman–Crippen LogP) is 3.01. The SMILES string of the molecule is CC(C)NC(C#N)(COC1CCCCC1)C1CC1. The van der Waals surface area contributed by atoms with E-state index in [4.69, 9.17) is 4.74 Å². The molecule has 2 aliphatic rings. The van der Waals surface area contributed by atoms with Crippen molar-refractivity contribution < 1.29 is 4.74 Å². The van der Waals surface area contributed by atoms with Crippen LogP contribution in [0.15, 0.2) is 0 Å². The molecule has 102 valence electrons. The van der Waals surface area contributed by atoms with Crippen LogP contribution in [0.5, 0.6) is 0 Å². The standard InChI is InChI=1S/C15H26N2O/c1-12(2)17-15(10-16,13-8-9-13)11-18-14-6-4-3-5-7-14/h12-14,17H,3-9,11H2,1-2H3. The van der Waals surface area contributed by atoms with E-state index in [0.29, 0.717) is 24.7 Å². The van der Waals surface area contributed by atoms with Crippen LogP contribution in [0.4, 0.5) is 0 Å². The topological polar surface area (TPSA) is 45.0 Å². The van der Waals surface area contributed by atoms with Crippen LogP contribution in [-0.2, 0) is 4.74 Å². The van der Waals surface area contributed by atoms with Gasteiger partial charge in [-0.1, -0.05) is 19.3 Å². The van der Waals surface area contributed by atoms with Crippen molar-refractivity contribution in [1.29, 1.82) is 5.26 Å². The lowest BCUT2D eigenvalue weighted by molar-refractivity contribution is -0.00319. The maximum Gasteiger partial charge on any atom is 0.133 e. The molecule has 2 fully saturated rings. The zero-order valence-electron chi connectivity index (χ0n) is 11.7. The van der Waals surface area contributed by atoms with Gasteiger partial charge in [-0.25, -0.2) is 0 Å². The van der Waals surface area contributed by atoms with Crippen LogP contribution < -0.4 is 5.32 Å². The lowest BCUT2D eigenvalue weighted by atomic mass is 9.94. The van der Waals surface area contributed by atoms with E-state index in [-0.39, 0.29) is 0 Å². The molecule has 0 heterocycles. The fourth-order valence-electron chi connectivity index (χ4n) is 3.01. The van der Waals surface area contributed by atoms with Gasteiger partial charge in [0.1, 0.15) is 5.54 Å². The molecule has 0 aromatic heterocycles. The van der Waals surface area contributed by atoms with Crippen LogP contribution in [0, 0.1) is 17.2 Å². The molecular weight excluding hydrogens is 224 g/mol. The van der Waals surface area contributed by atoms with Crippen LogP contribution >= 0.6 is 0 Å². The van der Waals surface area contributed by atoms with E-state index in [0.717, 1.165) is 0 Å². The quantitative estimate of drug-likeness (QED) is 0.788. The summed E-state index contributed by atoms with van der Waals surface area (Å²) >= 11 is 0. The average molecular weight is 250 g/mol. The third-order valence-corrected chi connectivity index (χ3v) is 4.12. The molecule has 2 saturated carbocycles. The molecular formula is C15H26N2O. The molecule has 1 unspecified atom stereocenters. The first-order valence-electron chi connectivity index (χ1n) is 7.47. The fraction of sp³-hybridized carbons (Fsp3) is 0.933. The minimum Gasteiger partial charge on any atom is -0.375 e. The molecule has 0 radical (unpaired) electrons. The van der Waals surface area contributed by atoms with Crippen molar-refractivity contribution in [2.45, 2.75) is 76.5 Å². The van der Waals surface area contributed by atoms with Crippen LogP contribution in [0.2, 0.25) is 0 Å². The predicted molar refractivity (Wildman–Crippen MR) is 72.2 cm³/mol. The van der Waals surface area contributed by atoms with Crippen molar-refractivity contribution in [2.75, 3.05) is 6.61 Å². The van der Waals surface area contributed by atoms with E-state index < -0.39 is 5.54 Å². The Hall–Kier alpha value is -0.590. The zero-order chi connectivity index (χ0) is 13.0. The summed E-state index contributed by atoms with van der Waals surface area (Å²) in [5, 5.41) is 13.0. The van der Waals surface area contributed by atoms with E-state index >= 15 is 0 Å². The fourth-order valence-corrected chi connectivity index (χ4v) is 3.01. The van der Waals surface area contributed by atoms with E-state index in [2.05, 4.69) is 25.2 Å². The summed E-state index contributed by atoms with van der Waals surface area (Å²) in [6.07, 6.45) is 8.98. The number of hydrogen-bond acceptors (Lipinski definition) is 3. The lowest BCUT2D eigenvalue weighted by Crippen LogP contribution is -2.53. The zero-order valence-corrected chi connectivity index (χ0v) is 11.7. The average Bonchev–Trinajstić information content (AvgIpc) is 3.20. The molecule has 3 heteroatoms. The third-order valence-electron chi connectivity index (χ3n) is 4.12. The molecule has 2 rings (SSSR count). The van der Waals surface area contributed by atoms with Gasteiger partial charge in [0.25, 0.3) is 0 Å². The summed E-state index contributed by atoms with van der Waals surface area (Å²) in [5.41, 5.74) is -0.439. The second-order valence-electron chi connectivity index (χ2n) is 6.23. The smallest absolute Gasteiger partial charge is 0.133 e. The van der Waals surface area contributed by atoms with Gasteiger partial charge in [0.15, 0.2) is 0 Å². The summed E-state index contributed by atoms with van der Waals surface area (Å²) < 4.78 is 6.06. The summed E-state index contributed by atoms with van der Waals surface area (Å²) in [7, 11) is 0. The third kappa shape index (κ3) is 3.46. The Kier molecular flexibility index (Phi) is 4.64. The molecule has 0 amide bonds. The van der Waals surface area contributed by atoms with Crippen molar-refractivity contribution in [3.8, 4) is 6.07 Å². The van der Waals surface area contributed by atoms with E-state index in [1.165, 1.54) is 44.9 Å². The molecule has 0 spiro atoms. The highest BCUT2D eigenvalue weighted by Gasteiger charge is 2.46. The second kappa shape index (κ2) is 6.04. The van der Waals surface area contributed by atoms with E-state index in [9.17, 15) is 5.26 Å². The normalized spacial score (nSPS) is 24.8. The maximum atomic E-state index is 9.57. The van der Waals surface area contributed by atoms with Gasteiger partial charge in [-0.05, 0) is 45.4 Å². The summed E-state index contributed by atoms with van der Waals surface area (Å²) in [6.45, 7) is 4.78. The molecule has 0 aromatic carbocycles. The van der Waals surface area contributed by atoms with Crippen molar-refractivity contribution in [3.63, 3.8) is 0 Å². The molecule has 18 heavy (non-hydrogen) atoms. The Morgan fingerprint density at radius 2 is 1.89 bits per heavy atom. The number of ether oxygens (including phenoxy) is 1.